The van der Waals surface area contributed by atoms with Crippen molar-refractivity contribution in [3.63, 3.8) is 0 Å². The van der Waals surface area contributed by atoms with Crippen molar-refractivity contribution in [3.8, 4) is 0 Å². The topological polar surface area (TPSA) is 107 Å². The quantitative estimate of drug-likeness (QED) is 0.473. The van der Waals surface area contributed by atoms with Gasteiger partial charge in [-0.05, 0) is 63.5 Å². The van der Waals surface area contributed by atoms with Crippen molar-refractivity contribution in [1.29, 1.82) is 0 Å². The van der Waals surface area contributed by atoms with Crippen LogP contribution in [0.5, 0.6) is 0 Å². The van der Waals surface area contributed by atoms with E-state index in [1.54, 1.807) is 18.7 Å². The Kier molecular flexibility index (Phi) is 8.90. The number of rotatable bonds is 9. The minimum atomic E-state index is -0.985. The van der Waals surface area contributed by atoms with Crippen molar-refractivity contribution in [2.24, 2.45) is 11.8 Å². The number of thioether (sulfide) groups is 1. The third-order valence-corrected chi connectivity index (χ3v) is 9.76. The molecular formula is C24H40N2O5S. The zero-order valence-electron chi connectivity index (χ0n) is 19.6. The van der Waals surface area contributed by atoms with E-state index in [9.17, 15) is 24.6 Å². The molecule has 1 aliphatic heterocycles. The number of hydrogen-bond acceptors (Lipinski definition) is 5. The number of carbonyl (C=O) groups is 3. The monoisotopic (exact) mass is 468 g/mol. The first kappa shape index (κ1) is 25.3. The summed E-state index contributed by atoms with van der Waals surface area (Å²) in [6.07, 6.45) is 14.3. The van der Waals surface area contributed by atoms with E-state index >= 15 is 0 Å². The molecule has 0 radical (unpaired) electrons. The van der Waals surface area contributed by atoms with Gasteiger partial charge in [0.1, 0.15) is 12.1 Å². The normalized spacial score (nSPS) is 25.4. The van der Waals surface area contributed by atoms with Gasteiger partial charge in [0.2, 0.25) is 5.91 Å². The fraction of sp³-hybridized carbons (Fsp3) is 0.875. The summed E-state index contributed by atoms with van der Waals surface area (Å²) in [5.41, 5.74) is 0. The summed E-state index contributed by atoms with van der Waals surface area (Å²) >= 11 is 1.70. The van der Waals surface area contributed by atoms with Gasteiger partial charge in [-0.3, -0.25) is 14.9 Å². The van der Waals surface area contributed by atoms with E-state index in [0.717, 1.165) is 51.4 Å². The van der Waals surface area contributed by atoms with Gasteiger partial charge in [-0.1, -0.05) is 38.5 Å². The van der Waals surface area contributed by atoms with E-state index in [-0.39, 0.29) is 5.91 Å². The Hall–Kier alpha value is -1.28. The number of nitrogens with zero attached hydrogens (tertiary/aromatic N) is 1. The lowest BCUT2D eigenvalue weighted by molar-refractivity contribution is -0.150. The molecule has 3 atom stereocenters. The molecule has 1 amide bonds. The Bertz CT molecular complexity index is 657. The van der Waals surface area contributed by atoms with Crippen LogP contribution < -0.4 is 5.32 Å². The zero-order valence-corrected chi connectivity index (χ0v) is 20.4. The molecule has 182 valence electrons. The molecule has 2 saturated carbocycles. The number of carboxylic acids is 2. The Morgan fingerprint density at radius 2 is 1.44 bits per heavy atom. The molecule has 3 N–H and O–H groups in total. The summed E-state index contributed by atoms with van der Waals surface area (Å²) in [7, 11) is 0. The van der Waals surface area contributed by atoms with Crippen molar-refractivity contribution in [1.82, 2.24) is 10.2 Å². The van der Waals surface area contributed by atoms with Gasteiger partial charge >= 0.3 is 11.9 Å². The van der Waals surface area contributed by atoms with Crippen LogP contribution in [0.25, 0.3) is 0 Å². The number of amides is 1. The lowest BCUT2D eigenvalue weighted by Gasteiger charge is -2.52. The fourth-order valence-corrected chi connectivity index (χ4v) is 8.16. The van der Waals surface area contributed by atoms with E-state index < -0.39 is 34.8 Å². The van der Waals surface area contributed by atoms with Crippen LogP contribution >= 0.6 is 11.8 Å². The smallest absolute Gasteiger partial charge is 0.326 e. The molecule has 0 spiro atoms. The molecule has 0 aromatic rings. The molecule has 1 saturated heterocycles. The summed E-state index contributed by atoms with van der Waals surface area (Å²) in [6.45, 7) is 2.11. The summed E-state index contributed by atoms with van der Waals surface area (Å²) < 4.78 is -0.460. The van der Waals surface area contributed by atoms with Crippen molar-refractivity contribution >= 4 is 29.6 Å². The third kappa shape index (κ3) is 5.11. The number of hydrogen-bond donors (Lipinski definition) is 3. The molecular weight excluding hydrogens is 428 g/mol. The molecule has 0 bridgehead atoms. The Morgan fingerprint density at radius 1 is 0.906 bits per heavy atom. The maximum absolute atomic E-state index is 13.2. The van der Waals surface area contributed by atoms with E-state index in [1.165, 1.54) is 17.7 Å². The van der Waals surface area contributed by atoms with Crippen LogP contribution in [0.2, 0.25) is 0 Å². The summed E-state index contributed by atoms with van der Waals surface area (Å²) in [5.74, 6) is -1.57. The molecule has 0 aromatic carbocycles. The van der Waals surface area contributed by atoms with Gasteiger partial charge in [-0.25, -0.2) is 4.79 Å². The highest BCUT2D eigenvalue weighted by Gasteiger charge is 2.54. The predicted molar refractivity (Wildman–Crippen MR) is 126 cm³/mol. The van der Waals surface area contributed by atoms with Crippen LogP contribution in [0.4, 0.5) is 0 Å². The van der Waals surface area contributed by atoms with Crippen LogP contribution in [-0.2, 0) is 14.4 Å². The highest BCUT2D eigenvalue weighted by Crippen LogP contribution is 2.52. The summed E-state index contributed by atoms with van der Waals surface area (Å²) in [5, 5.41) is 23.2. The maximum Gasteiger partial charge on any atom is 0.326 e. The van der Waals surface area contributed by atoms with Crippen molar-refractivity contribution in [2.45, 2.75) is 107 Å². The van der Waals surface area contributed by atoms with E-state index in [1.807, 2.05) is 6.26 Å². The second-order valence-corrected chi connectivity index (χ2v) is 11.0. The summed E-state index contributed by atoms with van der Waals surface area (Å²) in [4.78, 5) is 38.9. The minimum absolute atomic E-state index is 0.302. The molecule has 8 heteroatoms. The van der Waals surface area contributed by atoms with Crippen LogP contribution in [0.1, 0.15) is 84.0 Å². The number of likely N-dealkylation sites (tertiary alicyclic amines) is 1. The van der Waals surface area contributed by atoms with E-state index in [4.69, 9.17) is 0 Å². The molecule has 0 aromatic heterocycles. The molecule has 7 nitrogen and oxygen atoms in total. The van der Waals surface area contributed by atoms with Crippen LogP contribution in [0, 0.1) is 11.8 Å². The standard InChI is InChI=1S/C24H40N2O5S/c1-16(21(27)26-15-9-14-19(26)22(28)29)25-20(23(30)31)24(32-2,17-10-5-3-6-11-17)18-12-7-4-8-13-18/h16-20,25H,3-15H2,1-2H3,(H,28,29)(H,30,31). The highest BCUT2D eigenvalue weighted by molar-refractivity contribution is 8.00. The first-order chi connectivity index (χ1) is 15.3. The average Bonchev–Trinajstić information content (AvgIpc) is 3.30. The number of nitrogens with one attached hydrogen (secondary N) is 1. The van der Waals surface area contributed by atoms with Crippen molar-refractivity contribution < 1.29 is 24.6 Å². The largest absolute Gasteiger partial charge is 0.480 e. The maximum atomic E-state index is 13.2. The SMILES string of the molecule is CSC(C1CCCCC1)(C1CCCCC1)C(NC(C)C(=O)N1CCCC1C(=O)O)C(=O)O. The second-order valence-electron chi connectivity index (χ2n) is 9.92. The van der Waals surface area contributed by atoms with Gasteiger partial charge in [-0.15, -0.1) is 0 Å². The van der Waals surface area contributed by atoms with Gasteiger partial charge in [-0.2, -0.15) is 11.8 Å². The van der Waals surface area contributed by atoms with Gasteiger partial charge in [0, 0.05) is 11.3 Å². The molecule has 3 aliphatic rings. The first-order valence-corrected chi connectivity index (χ1v) is 13.6. The predicted octanol–water partition coefficient (Wildman–Crippen LogP) is 3.76. The number of aliphatic carboxylic acids is 2. The molecule has 3 unspecified atom stereocenters. The molecule has 3 rings (SSSR count). The van der Waals surface area contributed by atoms with E-state index in [0.29, 0.717) is 31.2 Å². The third-order valence-electron chi connectivity index (χ3n) is 8.15. The van der Waals surface area contributed by atoms with Crippen molar-refractivity contribution in [3.05, 3.63) is 0 Å². The number of carboxylic acid groups (broad SMARTS) is 2. The second kappa shape index (κ2) is 11.2. The fourth-order valence-electron chi connectivity index (χ4n) is 6.62. The molecule has 32 heavy (non-hydrogen) atoms. The number of carbonyl (C=O) groups excluding carboxylic acids is 1. The van der Waals surface area contributed by atoms with Crippen LogP contribution in [-0.4, -0.2) is 68.6 Å². The lowest BCUT2D eigenvalue weighted by atomic mass is 9.65. The van der Waals surface area contributed by atoms with E-state index in [2.05, 4.69) is 5.32 Å². The average molecular weight is 469 g/mol. The molecule has 3 fully saturated rings. The van der Waals surface area contributed by atoms with Gasteiger partial charge in [0.05, 0.1) is 6.04 Å². The van der Waals surface area contributed by atoms with Gasteiger partial charge in [0.25, 0.3) is 0 Å². The minimum Gasteiger partial charge on any atom is -0.480 e. The summed E-state index contributed by atoms with van der Waals surface area (Å²) in [6, 6.07) is -2.39. The van der Waals surface area contributed by atoms with Crippen LogP contribution in [0.3, 0.4) is 0 Å². The molecule has 2 aliphatic carbocycles. The van der Waals surface area contributed by atoms with Gasteiger partial charge < -0.3 is 15.1 Å². The lowest BCUT2D eigenvalue weighted by Crippen LogP contribution is -2.64. The molecule has 1 heterocycles. The highest BCUT2D eigenvalue weighted by atomic mass is 32.2. The Morgan fingerprint density at radius 3 is 1.88 bits per heavy atom. The Balaban J connectivity index is 1.88. The zero-order chi connectivity index (χ0) is 23.3. The van der Waals surface area contributed by atoms with Crippen LogP contribution in [0.15, 0.2) is 0 Å². The van der Waals surface area contributed by atoms with Gasteiger partial charge in [0.15, 0.2) is 0 Å². The van der Waals surface area contributed by atoms with Crippen molar-refractivity contribution in [2.75, 3.05) is 12.8 Å². The Labute approximate surface area is 196 Å². The first-order valence-electron chi connectivity index (χ1n) is 12.4.